The summed E-state index contributed by atoms with van der Waals surface area (Å²) in [6.45, 7) is 12.7. The Morgan fingerprint density at radius 3 is 2.10 bits per heavy atom. The molecule has 6 nitrogen and oxygen atoms in total. The van der Waals surface area contributed by atoms with E-state index in [2.05, 4.69) is 13.2 Å². The van der Waals surface area contributed by atoms with Crippen molar-refractivity contribution in [3.05, 3.63) is 24.8 Å². The molecule has 0 heterocycles. The summed E-state index contributed by atoms with van der Waals surface area (Å²) >= 11 is 0. The van der Waals surface area contributed by atoms with Crippen LogP contribution in [0.2, 0.25) is 0 Å². The molecule has 2 unspecified atom stereocenters. The first-order valence-corrected chi connectivity index (χ1v) is 6.65. The Labute approximate surface area is 127 Å². The third-order valence-electron chi connectivity index (χ3n) is 2.34. The fourth-order valence-corrected chi connectivity index (χ4v) is 0.741. The SMILES string of the molecule is C=C(C)C(=O)OCC(C)N.C=CC(=O)OCC(C)N(C)C. The van der Waals surface area contributed by atoms with Crippen LogP contribution in [0.1, 0.15) is 20.8 Å². The number of carbonyl (C=O) groups is 2. The molecule has 6 heteroatoms. The lowest BCUT2D eigenvalue weighted by atomic mass is 10.3. The zero-order valence-electron chi connectivity index (χ0n) is 13.7. The molecular weight excluding hydrogens is 272 g/mol. The fourth-order valence-electron chi connectivity index (χ4n) is 0.741. The number of carbonyl (C=O) groups excluding carboxylic acids is 2. The maximum atomic E-state index is 10.7. The largest absolute Gasteiger partial charge is 0.461 e. The molecule has 2 atom stereocenters. The number of hydrogen-bond donors (Lipinski definition) is 1. The summed E-state index contributed by atoms with van der Waals surface area (Å²) in [6, 6.07) is 0.141. The van der Waals surface area contributed by atoms with Gasteiger partial charge in [-0.15, -0.1) is 0 Å². The van der Waals surface area contributed by atoms with Gasteiger partial charge in [0.1, 0.15) is 13.2 Å². The Morgan fingerprint density at radius 2 is 1.76 bits per heavy atom. The number of likely N-dealkylation sites (N-methyl/N-ethyl adjacent to an activating group) is 1. The number of nitrogens with two attached hydrogens (primary N) is 1. The van der Waals surface area contributed by atoms with Crippen molar-refractivity contribution in [1.82, 2.24) is 4.90 Å². The van der Waals surface area contributed by atoms with Crippen molar-refractivity contribution < 1.29 is 19.1 Å². The quantitative estimate of drug-likeness (QED) is 0.560. The minimum Gasteiger partial charge on any atom is -0.461 e. The number of nitrogens with zero attached hydrogens (tertiary/aromatic N) is 1. The number of rotatable bonds is 7. The summed E-state index contributed by atoms with van der Waals surface area (Å²) in [5.74, 6) is -0.740. The maximum absolute atomic E-state index is 10.7. The molecule has 2 N–H and O–H groups in total. The van der Waals surface area contributed by atoms with Gasteiger partial charge in [0.05, 0.1) is 0 Å². The van der Waals surface area contributed by atoms with Gasteiger partial charge in [-0.25, -0.2) is 9.59 Å². The summed E-state index contributed by atoms with van der Waals surface area (Å²) in [5, 5.41) is 0. The lowest BCUT2D eigenvalue weighted by Crippen LogP contribution is -2.30. The van der Waals surface area contributed by atoms with Gasteiger partial charge in [-0.2, -0.15) is 0 Å². The van der Waals surface area contributed by atoms with E-state index in [-0.39, 0.29) is 30.6 Å². The zero-order chi connectivity index (χ0) is 17.0. The highest BCUT2D eigenvalue weighted by Gasteiger charge is 2.05. The van der Waals surface area contributed by atoms with E-state index in [9.17, 15) is 9.59 Å². The monoisotopic (exact) mass is 300 g/mol. The van der Waals surface area contributed by atoms with E-state index in [1.807, 2.05) is 25.9 Å². The molecule has 0 saturated carbocycles. The predicted molar refractivity (Wildman–Crippen MR) is 83.7 cm³/mol. The molecule has 0 aromatic heterocycles. The van der Waals surface area contributed by atoms with Crippen LogP contribution in [-0.4, -0.2) is 56.2 Å². The Morgan fingerprint density at radius 1 is 1.24 bits per heavy atom. The predicted octanol–water partition coefficient (Wildman–Crippen LogP) is 1.12. The van der Waals surface area contributed by atoms with Crippen molar-refractivity contribution in [2.45, 2.75) is 32.9 Å². The van der Waals surface area contributed by atoms with Crippen LogP contribution in [-0.2, 0) is 19.1 Å². The van der Waals surface area contributed by atoms with Crippen LogP contribution in [0.3, 0.4) is 0 Å². The molecule has 0 aromatic rings. The molecular formula is C15H28N2O4. The van der Waals surface area contributed by atoms with Gasteiger partial charge >= 0.3 is 11.9 Å². The fraction of sp³-hybridized carbons (Fsp3) is 0.600. The maximum Gasteiger partial charge on any atom is 0.333 e. The van der Waals surface area contributed by atoms with Crippen molar-refractivity contribution in [2.75, 3.05) is 27.3 Å². The van der Waals surface area contributed by atoms with E-state index >= 15 is 0 Å². The van der Waals surface area contributed by atoms with Gasteiger partial charge in [0.15, 0.2) is 0 Å². The summed E-state index contributed by atoms with van der Waals surface area (Å²) in [7, 11) is 3.87. The van der Waals surface area contributed by atoms with Gasteiger partial charge in [-0.05, 0) is 34.9 Å². The van der Waals surface area contributed by atoms with Crippen molar-refractivity contribution >= 4 is 11.9 Å². The Kier molecular flexibility index (Phi) is 12.5. The molecule has 0 aliphatic rings. The van der Waals surface area contributed by atoms with E-state index in [1.54, 1.807) is 13.8 Å². The second kappa shape index (κ2) is 12.1. The van der Waals surface area contributed by atoms with E-state index < -0.39 is 0 Å². The smallest absolute Gasteiger partial charge is 0.333 e. The Balaban J connectivity index is 0. The van der Waals surface area contributed by atoms with Gasteiger partial charge in [0.25, 0.3) is 0 Å². The van der Waals surface area contributed by atoms with Gasteiger partial charge in [-0.3, -0.25) is 0 Å². The average Bonchev–Trinajstić information content (AvgIpc) is 2.41. The molecule has 0 aromatic carbocycles. The number of esters is 2. The normalized spacial score (nSPS) is 12.5. The zero-order valence-corrected chi connectivity index (χ0v) is 13.7. The van der Waals surface area contributed by atoms with Crippen LogP contribution in [0.5, 0.6) is 0 Å². The lowest BCUT2D eigenvalue weighted by molar-refractivity contribution is -0.140. The van der Waals surface area contributed by atoms with Crippen molar-refractivity contribution in [3.63, 3.8) is 0 Å². The molecule has 0 aliphatic heterocycles. The van der Waals surface area contributed by atoms with Gasteiger partial charge in [0, 0.05) is 23.7 Å². The van der Waals surface area contributed by atoms with E-state index in [4.69, 9.17) is 15.2 Å². The first kappa shape index (κ1) is 21.6. The van der Waals surface area contributed by atoms with Crippen LogP contribution >= 0.6 is 0 Å². The molecule has 0 saturated heterocycles. The van der Waals surface area contributed by atoms with Crippen LogP contribution in [0, 0.1) is 0 Å². The molecule has 0 rings (SSSR count). The van der Waals surface area contributed by atoms with Crippen LogP contribution in [0.15, 0.2) is 24.8 Å². The standard InChI is InChI=1S/C8H15NO2.C7H13NO2/c1-5-8(10)11-6-7(2)9(3)4;1-5(2)7(9)10-4-6(3)8/h5,7H,1,6H2,2-4H3;6H,1,4,8H2,2-3H3. The molecule has 0 fully saturated rings. The molecule has 21 heavy (non-hydrogen) atoms. The molecule has 0 amide bonds. The highest BCUT2D eigenvalue weighted by Crippen LogP contribution is 1.93. The summed E-state index contributed by atoms with van der Waals surface area (Å²) in [4.78, 5) is 23.2. The minimum absolute atomic E-state index is 0.108. The first-order valence-electron chi connectivity index (χ1n) is 6.65. The van der Waals surface area contributed by atoms with Gasteiger partial charge in [0.2, 0.25) is 0 Å². The van der Waals surface area contributed by atoms with Crippen LogP contribution in [0.25, 0.3) is 0 Å². The molecule has 0 spiro atoms. The molecule has 0 radical (unpaired) electrons. The van der Waals surface area contributed by atoms with Crippen molar-refractivity contribution in [3.8, 4) is 0 Å². The highest BCUT2D eigenvalue weighted by atomic mass is 16.5. The third kappa shape index (κ3) is 14.6. The molecule has 122 valence electrons. The van der Waals surface area contributed by atoms with Crippen molar-refractivity contribution in [2.24, 2.45) is 5.73 Å². The van der Waals surface area contributed by atoms with Crippen LogP contribution in [0.4, 0.5) is 0 Å². The third-order valence-corrected chi connectivity index (χ3v) is 2.34. The van der Waals surface area contributed by atoms with Gasteiger partial charge in [-0.1, -0.05) is 13.2 Å². The summed E-state index contributed by atoms with van der Waals surface area (Å²) in [5.41, 5.74) is 5.74. The topological polar surface area (TPSA) is 81.9 Å². The Hall–Kier alpha value is -1.66. The van der Waals surface area contributed by atoms with E-state index in [0.717, 1.165) is 0 Å². The number of ether oxygens (including phenoxy) is 2. The molecule has 0 bridgehead atoms. The highest BCUT2D eigenvalue weighted by molar-refractivity contribution is 5.86. The van der Waals surface area contributed by atoms with E-state index in [1.165, 1.54) is 6.08 Å². The number of hydrogen-bond acceptors (Lipinski definition) is 6. The Bertz CT molecular complexity index is 352. The minimum atomic E-state index is -0.377. The lowest BCUT2D eigenvalue weighted by Gasteiger charge is -2.18. The summed E-state index contributed by atoms with van der Waals surface area (Å²) in [6.07, 6.45) is 1.17. The second-order valence-electron chi connectivity index (χ2n) is 5.00. The second-order valence-corrected chi connectivity index (χ2v) is 5.00. The summed E-state index contributed by atoms with van der Waals surface area (Å²) < 4.78 is 9.52. The van der Waals surface area contributed by atoms with Gasteiger partial charge < -0.3 is 20.1 Å². The van der Waals surface area contributed by atoms with Crippen molar-refractivity contribution in [1.29, 1.82) is 0 Å². The first-order chi connectivity index (χ1) is 9.61. The molecule has 0 aliphatic carbocycles. The van der Waals surface area contributed by atoms with E-state index in [0.29, 0.717) is 12.2 Å². The average molecular weight is 300 g/mol. The van der Waals surface area contributed by atoms with Crippen LogP contribution < -0.4 is 5.73 Å².